The second-order valence-electron chi connectivity index (χ2n) is 7.64. The zero-order valence-electron chi connectivity index (χ0n) is 16.8. The number of nitrogens with zero attached hydrogens (tertiary/aromatic N) is 2. The quantitative estimate of drug-likeness (QED) is 0.672. The number of benzene rings is 1. The number of hydrogen-bond donors (Lipinski definition) is 2. The van der Waals surface area contributed by atoms with E-state index in [-0.39, 0.29) is 17.4 Å². The molecule has 0 radical (unpaired) electrons. The number of hydrogen-bond acceptors (Lipinski definition) is 5. The van der Waals surface area contributed by atoms with E-state index in [0.29, 0.717) is 23.7 Å². The SMILES string of the molecule is CCCNC(=O)C1CCN(c2nc3c(-c4cccc(C)c4)csc3c(=O)[nH]2)CC1. The number of carbonyl (C=O) groups is 1. The molecule has 2 N–H and O–H groups in total. The molecule has 0 aliphatic carbocycles. The van der Waals surface area contributed by atoms with Gasteiger partial charge >= 0.3 is 0 Å². The van der Waals surface area contributed by atoms with E-state index in [1.165, 1.54) is 16.9 Å². The third-order valence-corrected chi connectivity index (χ3v) is 6.43. The molecule has 0 spiro atoms. The molecule has 0 saturated carbocycles. The van der Waals surface area contributed by atoms with Crippen LogP contribution in [0, 0.1) is 12.8 Å². The number of aryl methyl sites for hydroxylation is 1. The summed E-state index contributed by atoms with van der Waals surface area (Å²) in [5.74, 6) is 0.780. The van der Waals surface area contributed by atoms with Gasteiger partial charge in [0.1, 0.15) is 4.70 Å². The first kappa shape index (κ1) is 19.6. The Kier molecular flexibility index (Phi) is 5.67. The predicted molar refractivity (Wildman–Crippen MR) is 119 cm³/mol. The molecule has 7 heteroatoms. The molecule has 3 aromatic rings. The maximum atomic E-state index is 12.7. The number of piperidine rings is 1. The lowest BCUT2D eigenvalue weighted by Gasteiger charge is -2.31. The topological polar surface area (TPSA) is 78.1 Å². The molecule has 4 rings (SSSR count). The molecule has 0 atom stereocenters. The Morgan fingerprint density at radius 3 is 2.86 bits per heavy atom. The smallest absolute Gasteiger partial charge is 0.270 e. The summed E-state index contributed by atoms with van der Waals surface area (Å²) in [4.78, 5) is 34.7. The number of thiophene rings is 1. The molecular weight excluding hydrogens is 384 g/mol. The summed E-state index contributed by atoms with van der Waals surface area (Å²) in [7, 11) is 0. The Hall–Kier alpha value is -2.67. The number of H-pyrrole nitrogens is 1. The van der Waals surface area contributed by atoms with Crippen molar-refractivity contribution in [1.29, 1.82) is 0 Å². The lowest BCUT2D eigenvalue weighted by Crippen LogP contribution is -2.41. The molecule has 152 valence electrons. The Morgan fingerprint density at radius 1 is 1.34 bits per heavy atom. The number of nitrogens with one attached hydrogen (secondary N) is 2. The highest BCUT2D eigenvalue weighted by molar-refractivity contribution is 7.17. The number of anilines is 1. The number of carbonyl (C=O) groups excluding carboxylic acids is 1. The number of fused-ring (bicyclic) bond motifs is 1. The molecule has 3 heterocycles. The van der Waals surface area contributed by atoms with Crippen LogP contribution in [-0.2, 0) is 4.79 Å². The van der Waals surface area contributed by atoms with Gasteiger partial charge in [0.15, 0.2) is 0 Å². The van der Waals surface area contributed by atoms with Crippen molar-refractivity contribution in [2.75, 3.05) is 24.5 Å². The maximum Gasteiger partial charge on any atom is 0.270 e. The van der Waals surface area contributed by atoms with Crippen LogP contribution < -0.4 is 15.8 Å². The first-order valence-corrected chi connectivity index (χ1v) is 11.1. The predicted octanol–water partition coefficient (Wildman–Crippen LogP) is 3.70. The van der Waals surface area contributed by atoms with Crippen molar-refractivity contribution >= 4 is 33.4 Å². The molecule has 6 nitrogen and oxygen atoms in total. The highest BCUT2D eigenvalue weighted by Crippen LogP contribution is 2.32. The molecular formula is C22H26N4O2S. The molecule has 1 saturated heterocycles. The monoisotopic (exact) mass is 410 g/mol. The largest absolute Gasteiger partial charge is 0.356 e. The average molecular weight is 411 g/mol. The molecule has 1 aliphatic heterocycles. The number of aromatic amines is 1. The van der Waals surface area contributed by atoms with Gasteiger partial charge < -0.3 is 10.2 Å². The second-order valence-corrected chi connectivity index (χ2v) is 8.52. The van der Waals surface area contributed by atoms with Gasteiger partial charge in [-0.05, 0) is 31.7 Å². The summed E-state index contributed by atoms with van der Waals surface area (Å²) < 4.78 is 0.652. The highest BCUT2D eigenvalue weighted by Gasteiger charge is 2.26. The van der Waals surface area contributed by atoms with Gasteiger partial charge in [0, 0.05) is 36.5 Å². The van der Waals surface area contributed by atoms with E-state index in [4.69, 9.17) is 4.98 Å². The zero-order valence-corrected chi connectivity index (χ0v) is 17.6. The van der Waals surface area contributed by atoms with Crippen molar-refractivity contribution in [1.82, 2.24) is 15.3 Å². The van der Waals surface area contributed by atoms with Gasteiger partial charge in [-0.1, -0.05) is 36.8 Å². The summed E-state index contributed by atoms with van der Waals surface area (Å²) in [6.45, 7) is 6.26. The van der Waals surface area contributed by atoms with E-state index in [9.17, 15) is 9.59 Å². The van der Waals surface area contributed by atoms with Gasteiger partial charge in [-0.25, -0.2) is 4.98 Å². The average Bonchev–Trinajstić information content (AvgIpc) is 3.17. The van der Waals surface area contributed by atoms with Crippen LogP contribution in [0.1, 0.15) is 31.7 Å². The van der Waals surface area contributed by atoms with Crippen molar-refractivity contribution in [3.8, 4) is 11.1 Å². The fourth-order valence-corrected chi connectivity index (χ4v) is 4.74. The van der Waals surface area contributed by atoms with Gasteiger partial charge in [-0.15, -0.1) is 11.3 Å². The Bertz CT molecular complexity index is 1080. The molecule has 1 fully saturated rings. The molecule has 29 heavy (non-hydrogen) atoms. The molecule has 1 aliphatic rings. The van der Waals surface area contributed by atoms with Gasteiger partial charge in [0.25, 0.3) is 5.56 Å². The fraction of sp³-hybridized carbons (Fsp3) is 0.409. The van der Waals surface area contributed by atoms with Crippen LogP contribution in [0.5, 0.6) is 0 Å². The van der Waals surface area contributed by atoms with Crippen LogP contribution in [0.15, 0.2) is 34.4 Å². The minimum Gasteiger partial charge on any atom is -0.356 e. The van der Waals surface area contributed by atoms with Crippen LogP contribution in [0.25, 0.3) is 21.3 Å². The van der Waals surface area contributed by atoms with Gasteiger partial charge in [0.05, 0.1) is 5.52 Å². The maximum absolute atomic E-state index is 12.7. The first-order valence-electron chi connectivity index (χ1n) is 10.2. The van der Waals surface area contributed by atoms with Crippen molar-refractivity contribution in [3.63, 3.8) is 0 Å². The van der Waals surface area contributed by atoms with E-state index >= 15 is 0 Å². The number of aromatic nitrogens is 2. The Labute approximate surface area is 174 Å². The van der Waals surface area contributed by atoms with Gasteiger partial charge in [0.2, 0.25) is 11.9 Å². The third kappa shape index (κ3) is 4.05. The Morgan fingerprint density at radius 2 is 2.14 bits per heavy atom. The van der Waals surface area contributed by atoms with E-state index in [1.54, 1.807) is 0 Å². The Balaban J connectivity index is 1.59. The molecule has 0 unspecified atom stereocenters. The third-order valence-electron chi connectivity index (χ3n) is 5.46. The van der Waals surface area contributed by atoms with Crippen molar-refractivity contribution in [2.45, 2.75) is 33.1 Å². The lowest BCUT2D eigenvalue weighted by molar-refractivity contribution is -0.125. The summed E-state index contributed by atoms with van der Waals surface area (Å²) in [6.07, 6.45) is 2.48. The van der Waals surface area contributed by atoms with E-state index in [1.807, 2.05) is 11.4 Å². The summed E-state index contributed by atoms with van der Waals surface area (Å²) in [6, 6.07) is 8.25. The van der Waals surface area contributed by atoms with Crippen molar-refractivity contribution in [3.05, 3.63) is 45.6 Å². The van der Waals surface area contributed by atoms with Gasteiger partial charge in [-0.3, -0.25) is 14.6 Å². The molecule has 2 aromatic heterocycles. The van der Waals surface area contributed by atoms with Crippen LogP contribution >= 0.6 is 11.3 Å². The van der Waals surface area contributed by atoms with Crippen LogP contribution in [0.2, 0.25) is 0 Å². The normalized spacial score (nSPS) is 15.0. The van der Waals surface area contributed by atoms with Crippen molar-refractivity contribution in [2.24, 2.45) is 5.92 Å². The molecule has 1 amide bonds. The van der Waals surface area contributed by atoms with E-state index in [0.717, 1.165) is 42.5 Å². The fourth-order valence-electron chi connectivity index (χ4n) is 3.83. The van der Waals surface area contributed by atoms with Crippen LogP contribution in [0.4, 0.5) is 5.95 Å². The summed E-state index contributed by atoms with van der Waals surface area (Å²) in [5, 5.41) is 5.00. The molecule has 0 bridgehead atoms. The first-order chi connectivity index (χ1) is 14.1. The van der Waals surface area contributed by atoms with E-state index < -0.39 is 0 Å². The highest BCUT2D eigenvalue weighted by atomic mass is 32.1. The minimum atomic E-state index is -0.100. The number of rotatable bonds is 5. The van der Waals surface area contributed by atoms with Crippen LogP contribution in [-0.4, -0.2) is 35.5 Å². The molecule has 1 aromatic carbocycles. The lowest BCUT2D eigenvalue weighted by atomic mass is 9.96. The standard InChI is InChI=1S/C22H26N4O2S/c1-3-9-23-20(27)15-7-10-26(11-8-15)22-24-18-17(13-29-19(18)21(28)25-22)16-6-4-5-14(2)12-16/h4-6,12-13,15H,3,7-11H2,1-2H3,(H,23,27)(H,24,25,28). The zero-order chi connectivity index (χ0) is 20.4. The number of amides is 1. The van der Waals surface area contributed by atoms with Crippen LogP contribution in [0.3, 0.4) is 0 Å². The summed E-state index contributed by atoms with van der Waals surface area (Å²) >= 11 is 1.43. The summed E-state index contributed by atoms with van der Waals surface area (Å²) in [5.41, 5.74) is 3.90. The minimum absolute atomic E-state index is 0.0391. The second kappa shape index (κ2) is 8.37. The van der Waals surface area contributed by atoms with E-state index in [2.05, 4.69) is 47.2 Å². The van der Waals surface area contributed by atoms with Gasteiger partial charge in [-0.2, -0.15) is 0 Å². The van der Waals surface area contributed by atoms with Crippen molar-refractivity contribution < 1.29 is 4.79 Å².